The summed E-state index contributed by atoms with van der Waals surface area (Å²) in [5, 5.41) is 11.6. The lowest BCUT2D eigenvalue weighted by Gasteiger charge is -2.39. The van der Waals surface area contributed by atoms with Crippen LogP contribution in [0.5, 0.6) is 0 Å². The fourth-order valence-electron chi connectivity index (χ4n) is 5.06. The average Bonchev–Trinajstić information content (AvgIpc) is 3.56. The number of anilines is 1. The number of carbonyl (C=O) groups is 1. The van der Waals surface area contributed by atoms with Gasteiger partial charge in [-0.05, 0) is 67.9 Å². The summed E-state index contributed by atoms with van der Waals surface area (Å²) in [7, 11) is -3.89. The Labute approximate surface area is 218 Å². The molecule has 2 aromatic rings. The summed E-state index contributed by atoms with van der Waals surface area (Å²) in [5.41, 5.74) is 1.17. The first-order valence-electron chi connectivity index (χ1n) is 11.6. The van der Waals surface area contributed by atoms with Crippen molar-refractivity contribution in [1.29, 1.82) is 0 Å². The fraction of sp³-hybridized carbons (Fsp3) is 0.400. The molecule has 35 heavy (non-hydrogen) atoms. The number of sulfonamides is 1. The van der Waals surface area contributed by atoms with E-state index < -0.39 is 28.0 Å². The molecule has 10 heteroatoms. The van der Waals surface area contributed by atoms with Crippen molar-refractivity contribution in [2.75, 3.05) is 4.72 Å². The molecule has 2 aliphatic carbocycles. The molecular formula is C25H25Cl2NO5S2. The van der Waals surface area contributed by atoms with E-state index >= 15 is 0 Å². The Morgan fingerprint density at radius 2 is 1.97 bits per heavy atom. The van der Waals surface area contributed by atoms with Gasteiger partial charge < -0.3 is 9.84 Å². The number of aliphatic hydroxyl groups is 1. The smallest absolute Gasteiger partial charge is 0.317 e. The molecule has 1 saturated carbocycles. The highest BCUT2D eigenvalue weighted by atomic mass is 35.5. The number of fused-ring (bicyclic) bond motifs is 1. The highest BCUT2D eigenvalue weighted by molar-refractivity contribution is 7.94. The molecule has 0 radical (unpaired) electrons. The third-order valence-electron chi connectivity index (χ3n) is 6.85. The molecule has 1 aromatic carbocycles. The van der Waals surface area contributed by atoms with Crippen molar-refractivity contribution in [3.05, 3.63) is 69.2 Å². The first-order valence-corrected chi connectivity index (χ1v) is 14.6. The normalized spacial score (nSPS) is 25.6. The Morgan fingerprint density at radius 3 is 2.69 bits per heavy atom. The molecule has 3 aliphatic rings. The first-order chi connectivity index (χ1) is 16.7. The summed E-state index contributed by atoms with van der Waals surface area (Å²) in [6.07, 6.45) is 9.28. The molecule has 2 N–H and O–H groups in total. The Morgan fingerprint density at radius 1 is 1.17 bits per heavy atom. The van der Waals surface area contributed by atoms with Gasteiger partial charge in [-0.2, -0.15) is 0 Å². The number of rotatable bonds is 6. The maximum Gasteiger partial charge on any atom is 0.317 e. The van der Waals surface area contributed by atoms with E-state index in [2.05, 4.69) is 4.72 Å². The summed E-state index contributed by atoms with van der Waals surface area (Å²) >= 11 is 12.8. The van der Waals surface area contributed by atoms with Crippen LogP contribution in [0.1, 0.15) is 43.6 Å². The number of halogens is 2. The number of carbonyl (C=O) groups excluding carboxylic acids is 1. The zero-order chi connectivity index (χ0) is 24.7. The molecule has 6 nitrogen and oxygen atoms in total. The molecule has 0 spiro atoms. The summed E-state index contributed by atoms with van der Waals surface area (Å²) in [5.74, 6) is -0.898. The Balaban J connectivity index is 1.44. The summed E-state index contributed by atoms with van der Waals surface area (Å²) in [6, 6.07) is 8.34. The van der Waals surface area contributed by atoms with Gasteiger partial charge in [0, 0.05) is 17.5 Å². The number of ether oxygens (including phenoxy) is 1. The van der Waals surface area contributed by atoms with Crippen molar-refractivity contribution >= 4 is 56.2 Å². The second kappa shape index (κ2) is 9.90. The van der Waals surface area contributed by atoms with E-state index in [-0.39, 0.29) is 31.3 Å². The first kappa shape index (κ1) is 24.8. The summed E-state index contributed by atoms with van der Waals surface area (Å²) < 4.78 is 34.3. The topological polar surface area (TPSA) is 92.7 Å². The molecule has 2 heterocycles. The van der Waals surface area contributed by atoms with E-state index in [1.807, 2.05) is 18.2 Å². The molecule has 1 aromatic heterocycles. The van der Waals surface area contributed by atoms with Crippen LogP contribution in [-0.2, 0) is 19.6 Å². The Hall–Kier alpha value is -1.84. The van der Waals surface area contributed by atoms with Gasteiger partial charge in [0.1, 0.15) is 14.3 Å². The van der Waals surface area contributed by atoms with E-state index in [1.165, 1.54) is 6.07 Å². The van der Waals surface area contributed by atoms with Crippen molar-refractivity contribution in [1.82, 2.24) is 0 Å². The average molecular weight is 555 g/mol. The molecule has 4 unspecified atom stereocenters. The largest absolute Gasteiger partial charge is 0.430 e. The van der Waals surface area contributed by atoms with Crippen LogP contribution in [0, 0.1) is 17.8 Å². The van der Waals surface area contributed by atoms with Gasteiger partial charge in [-0.25, -0.2) is 8.42 Å². The van der Waals surface area contributed by atoms with E-state index in [1.54, 1.807) is 24.3 Å². The lowest BCUT2D eigenvalue weighted by atomic mass is 9.72. The van der Waals surface area contributed by atoms with Crippen molar-refractivity contribution in [3.63, 3.8) is 0 Å². The molecular weight excluding hydrogens is 529 g/mol. The molecule has 0 bridgehead atoms. The van der Waals surface area contributed by atoms with Crippen molar-refractivity contribution < 1.29 is 23.1 Å². The molecule has 0 amide bonds. The fourth-order valence-corrected chi connectivity index (χ4v) is 7.99. The van der Waals surface area contributed by atoms with Gasteiger partial charge in [-0.3, -0.25) is 9.52 Å². The van der Waals surface area contributed by atoms with Gasteiger partial charge in [0.25, 0.3) is 10.0 Å². The third kappa shape index (κ3) is 5.18. The van der Waals surface area contributed by atoms with E-state index in [4.69, 9.17) is 27.9 Å². The highest BCUT2D eigenvalue weighted by Crippen LogP contribution is 2.51. The predicted octanol–water partition coefficient (Wildman–Crippen LogP) is 6.12. The summed E-state index contributed by atoms with van der Waals surface area (Å²) in [4.78, 5) is 13.2. The minimum Gasteiger partial charge on any atom is -0.430 e. The third-order valence-corrected chi connectivity index (χ3v) is 10.6. The number of esters is 1. The van der Waals surface area contributed by atoms with Crippen LogP contribution in [0.4, 0.5) is 5.69 Å². The molecule has 186 valence electrons. The van der Waals surface area contributed by atoms with Crippen LogP contribution < -0.4 is 4.72 Å². The molecule has 4 atom stereocenters. The minimum absolute atomic E-state index is 0.0144. The number of allylic oxidation sites excluding steroid dienone is 3. The zero-order valence-electron chi connectivity index (χ0n) is 18.7. The van der Waals surface area contributed by atoms with E-state index in [0.717, 1.165) is 49.0 Å². The van der Waals surface area contributed by atoms with Crippen molar-refractivity contribution in [2.45, 2.75) is 48.3 Å². The number of nitrogens with one attached hydrogen (secondary N) is 1. The number of aliphatic hydroxyl groups excluding tert-OH is 1. The maximum atomic E-state index is 13.2. The van der Waals surface area contributed by atoms with Crippen molar-refractivity contribution in [2.24, 2.45) is 17.8 Å². The quantitative estimate of drug-likeness (QED) is 0.420. The molecule has 1 saturated heterocycles. The van der Waals surface area contributed by atoms with E-state index in [0.29, 0.717) is 11.4 Å². The highest BCUT2D eigenvalue weighted by Gasteiger charge is 2.50. The summed E-state index contributed by atoms with van der Waals surface area (Å²) in [6.45, 7) is 0. The number of thiophene rings is 1. The van der Waals surface area contributed by atoms with Gasteiger partial charge in [0.2, 0.25) is 0 Å². The zero-order valence-corrected chi connectivity index (χ0v) is 21.8. The predicted molar refractivity (Wildman–Crippen MR) is 137 cm³/mol. The number of benzene rings is 1. The minimum atomic E-state index is -3.89. The second-order valence-corrected chi connectivity index (χ2v) is 13.2. The van der Waals surface area contributed by atoms with Crippen LogP contribution >= 0.6 is 34.5 Å². The van der Waals surface area contributed by atoms with Crippen molar-refractivity contribution in [3.8, 4) is 0 Å². The van der Waals surface area contributed by atoms with Gasteiger partial charge in [0.15, 0.2) is 0 Å². The number of hydrogen-bond donors (Lipinski definition) is 2. The molecule has 1 aliphatic heterocycles. The Kier molecular flexibility index (Phi) is 7.03. The van der Waals surface area contributed by atoms with Gasteiger partial charge in [-0.15, -0.1) is 11.3 Å². The van der Waals surface area contributed by atoms with Gasteiger partial charge >= 0.3 is 5.97 Å². The van der Waals surface area contributed by atoms with Crippen LogP contribution in [0.15, 0.2) is 58.5 Å². The monoisotopic (exact) mass is 553 g/mol. The molecule has 2 fully saturated rings. The van der Waals surface area contributed by atoms with Crippen LogP contribution in [-0.4, -0.2) is 25.6 Å². The van der Waals surface area contributed by atoms with Crippen LogP contribution in [0.3, 0.4) is 0 Å². The maximum absolute atomic E-state index is 13.2. The lowest BCUT2D eigenvalue weighted by Crippen LogP contribution is -2.45. The lowest BCUT2D eigenvalue weighted by molar-refractivity contribution is -0.160. The second-order valence-electron chi connectivity index (χ2n) is 9.25. The van der Waals surface area contributed by atoms with Gasteiger partial charge in [-0.1, -0.05) is 47.5 Å². The SMILES string of the molecule is O=C1OC2=CC=CCCCC2C(O)C1C(c1cccc(NS(=O)(=O)c2cc(Cl)c(Cl)s2)c1)C1CC1. The Bertz CT molecular complexity index is 1280. The van der Waals surface area contributed by atoms with E-state index in [9.17, 15) is 18.3 Å². The van der Waals surface area contributed by atoms with Crippen LogP contribution in [0.25, 0.3) is 0 Å². The van der Waals surface area contributed by atoms with Crippen LogP contribution in [0.2, 0.25) is 9.36 Å². The van der Waals surface area contributed by atoms with Gasteiger partial charge in [0.05, 0.1) is 17.0 Å². The molecule has 5 rings (SSSR count). The standard InChI is InChI=1S/C25H25Cl2NO5S2/c26-18-13-20(34-24(18)27)35(31,32)28-16-7-5-6-15(12-16)21(14-10-11-14)22-23(29)17-8-3-1-2-4-9-19(17)33-25(22)30/h2,4-7,9,12-14,17,21-23,28-29H,1,3,8,10-11H2. The number of hydrogen-bond acceptors (Lipinski definition) is 6.